The van der Waals surface area contributed by atoms with Crippen LogP contribution in [-0.2, 0) is 0 Å². The third-order valence-electron chi connectivity index (χ3n) is 7.96. The van der Waals surface area contributed by atoms with Crippen LogP contribution in [0.1, 0.15) is 28.4 Å². The average molecular weight is 553 g/mol. The first kappa shape index (κ1) is 26.1. The Balaban J connectivity index is 1.39. The topological polar surface area (TPSA) is 51.8 Å². The van der Waals surface area contributed by atoms with Crippen LogP contribution in [0.4, 0.5) is 0 Å². The number of aliphatic imine (C=N–C) groups is 2. The van der Waals surface area contributed by atoms with E-state index in [0.717, 1.165) is 56.0 Å². The van der Waals surface area contributed by atoms with Crippen LogP contribution in [0.15, 0.2) is 156 Å². The normalized spacial score (nSPS) is 14.6. The van der Waals surface area contributed by atoms with E-state index < -0.39 is 0 Å². The van der Waals surface area contributed by atoms with E-state index in [4.69, 9.17) is 9.98 Å². The summed E-state index contributed by atoms with van der Waals surface area (Å²) in [4.78, 5) is 12.5. The fourth-order valence-corrected chi connectivity index (χ4v) is 5.67. The minimum atomic E-state index is -0.220. The summed E-state index contributed by atoms with van der Waals surface area (Å²) in [7, 11) is 2.08. The first-order valence-electron chi connectivity index (χ1n) is 14.3. The molecule has 6 aromatic rings. The summed E-state index contributed by atoms with van der Waals surface area (Å²) in [5.74, 6) is 1.59. The molecule has 0 fully saturated rings. The van der Waals surface area contributed by atoms with Crippen molar-refractivity contribution < 1.29 is 0 Å². The highest BCUT2D eigenvalue weighted by molar-refractivity contribution is 6.16. The maximum Gasteiger partial charge on any atom is 0.159 e. The molecule has 1 unspecified atom stereocenters. The van der Waals surface area contributed by atoms with Crippen molar-refractivity contribution >= 4 is 22.4 Å². The number of fused-ring (bicyclic) bond motifs is 1. The lowest BCUT2D eigenvalue weighted by Gasteiger charge is -2.33. The molecule has 0 aromatic heterocycles. The van der Waals surface area contributed by atoms with Gasteiger partial charge in [-0.15, -0.1) is 0 Å². The van der Waals surface area contributed by atoms with Crippen molar-refractivity contribution in [3.63, 3.8) is 0 Å². The van der Waals surface area contributed by atoms with Crippen LogP contribution in [0.5, 0.6) is 0 Å². The van der Waals surface area contributed by atoms with Gasteiger partial charge in [0.05, 0.1) is 11.6 Å². The van der Waals surface area contributed by atoms with E-state index in [9.17, 15) is 5.26 Å². The van der Waals surface area contributed by atoms with Crippen LogP contribution < -0.4 is 0 Å². The second kappa shape index (κ2) is 11.2. The Morgan fingerprint density at radius 2 is 1.12 bits per heavy atom. The van der Waals surface area contributed by atoms with Crippen LogP contribution in [0, 0.1) is 11.3 Å². The SMILES string of the molecule is CN1C(c2cc3ccccc3cc2-c2ccc(-c3ccc(C#N)cc3)cc2)=NC(c2ccccc2)=NC1c1ccccc1. The molecule has 0 amide bonds. The highest BCUT2D eigenvalue weighted by Crippen LogP contribution is 2.35. The van der Waals surface area contributed by atoms with E-state index in [0.29, 0.717) is 5.56 Å². The molecule has 0 spiro atoms. The van der Waals surface area contributed by atoms with E-state index in [-0.39, 0.29) is 6.17 Å². The van der Waals surface area contributed by atoms with Gasteiger partial charge in [-0.05, 0) is 62.9 Å². The monoisotopic (exact) mass is 552 g/mol. The van der Waals surface area contributed by atoms with E-state index in [1.54, 1.807) is 0 Å². The van der Waals surface area contributed by atoms with Crippen molar-refractivity contribution in [2.45, 2.75) is 6.17 Å². The molecule has 4 nitrogen and oxygen atoms in total. The second-order valence-electron chi connectivity index (χ2n) is 10.7. The summed E-state index contributed by atoms with van der Waals surface area (Å²) in [6.07, 6.45) is -0.220. The van der Waals surface area contributed by atoms with Gasteiger partial charge in [-0.25, -0.2) is 9.98 Å². The standard InChI is InChI=1S/C39H28N4/c1-43-38(32-12-6-3-7-13-32)41-37(31-10-4-2-5-11-31)42-39(43)36-25-34-15-9-8-14-33(34)24-35(36)30-22-20-29(21-23-30)28-18-16-27(26-40)17-19-28/h2-25,38H,1H3. The molecule has 43 heavy (non-hydrogen) atoms. The Bertz CT molecular complexity index is 2020. The molecule has 1 atom stereocenters. The fraction of sp³-hybridized carbons (Fsp3) is 0.0513. The Morgan fingerprint density at radius 1 is 0.581 bits per heavy atom. The minimum absolute atomic E-state index is 0.220. The zero-order chi connectivity index (χ0) is 29.2. The second-order valence-corrected chi connectivity index (χ2v) is 10.7. The van der Waals surface area contributed by atoms with Gasteiger partial charge < -0.3 is 4.90 Å². The van der Waals surface area contributed by atoms with Crippen molar-refractivity contribution in [2.75, 3.05) is 7.05 Å². The quantitative estimate of drug-likeness (QED) is 0.214. The van der Waals surface area contributed by atoms with Crippen LogP contribution in [0.3, 0.4) is 0 Å². The predicted octanol–water partition coefficient (Wildman–Crippen LogP) is 8.88. The summed E-state index contributed by atoms with van der Waals surface area (Å²) in [6.45, 7) is 0. The lowest BCUT2D eigenvalue weighted by atomic mass is 9.92. The summed E-state index contributed by atoms with van der Waals surface area (Å²) in [5.41, 5.74) is 8.21. The van der Waals surface area contributed by atoms with E-state index in [1.807, 2.05) is 48.5 Å². The molecule has 0 saturated carbocycles. The van der Waals surface area contributed by atoms with Gasteiger partial charge in [-0.2, -0.15) is 5.26 Å². The third-order valence-corrected chi connectivity index (χ3v) is 7.96. The largest absolute Gasteiger partial charge is 0.333 e. The number of rotatable bonds is 5. The molecule has 6 aromatic carbocycles. The highest BCUT2D eigenvalue weighted by atomic mass is 15.3. The summed E-state index contributed by atoms with van der Waals surface area (Å²) in [6, 6.07) is 52.1. The minimum Gasteiger partial charge on any atom is -0.333 e. The molecule has 0 N–H and O–H groups in total. The summed E-state index contributed by atoms with van der Waals surface area (Å²) >= 11 is 0. The van der Waals surface area contributed by atoms with Crippen LogP contribution in [-0.4, -0.2) is 23.6 Å². The molecule has 1 aliphatic heterocycles. The predicted molar refractivity (Wildman–Crippen MR) is 176 cm³/mol. The maximum absolute atomic E-state index is 9.18. The van der Waals surface area contributed by atoms with E-state index >= 15 is 0 Å². The molecule has 0 aliphatic carbocycles. The smallest absolute Gasteiger partial charge is 0.159 e. The zero-order valence-electron chi connectivity index (χ0n) is 23.7. The van der Waals surface area contributed by atoms with Crippen LogP contribution in [0.2, 0.25) is 0 Å². The molecule has 0 saturated heterocycles. The van der Waals surface area contributed by atoms with Crippen molar-refractivity contribution in [3.8, 4) is 28.3 Å². The van der Waals surface area contributed by atoms with E-state index in [1.165, 1.54) is 5.39 Å². The molecule has 4 heteroatoms. The Hall–Kier alpha value is -5.79. The molecule has 204 valence electrons. The van der Waals surface area contributed by atoms with Gasteiger partial charge in [0.1, 0.15) is 12.0 Å². The van der Waals surface area contributed by atoms with Crippen molar-refractivity contribution in [2.24, 2.45) is 9.98 Å². The molecule has 0 bridgehead atoms. The number of amidine groups is 2. The van der Waals surface area contributed by atoms with Gasteiger partial charge in [-0.1, -0.05) is 121 Å². The summed E-state index contributed by atoms with van der Waals surface area (Å²) in [5, 5.41) is 11.5. The van der Waals surface area contributed by atoms with Gasteiger partial charge in [0.2, 0.25) is 0 Å². The Labute approximate surface area is 251 Å². The van der Waals surface area contributed by atoms with Gasteiger partial charge >= 0.3 is 0 Å². The van der Waals surface area contributed by atoms with Gasteiger partial charge in [-0.3, -0.25) is 0 Å². The first-order chi connectivity index (χ1) is 21.2. The van der Waals surface area contributed by atoms with Gasteiger partial charge in [0.25, 0.3) is 0 Å². The fourth-order valence-electron chi connectivity index (χ4n) is 5.67. The number of nitriles is 1. The van der Waals surface area contributed by atoms with Crippen LogP contribution >= 0.6 is 0 Å². The number of hydrogen-bond acceptors (Lipinski definition) is 4. The van der Waals surface area contributed by atoms with Gasteiger partial charge in [0.15, 0.2) is 5.84 Å². The third kappa shape index (κ3) is 5.09. The van der Waals surface area contributed by atoms with E-state index in [2.05, 4.69) is 115 Å². The molecule has 1 heterocycles. The van der Waals surface area contributed by atoms with Gasteiger partial charge in [0, 0.05) is 18.2 Å². The lowest BCUT2D eigenvalue weighted by Crippen LogP contribution is -2.36. The Kier molecular flexibility index (Phi) is 6.83. The molecule has 0 radical (unpaired) electrons. The first-order valence-corrected chi connectivity index (χ1v) is 14.3. The summed E-state index contributed by atoms with van der Waals surface area (Å²) < 4.78 is 0. The zero-order valence-corrected chi connectivity index (χ0v) is 23.7. The van der Waals surface area contributed by atoms with Crippen molar-refractivity contribution in [3.05, 3.63) is 168 Å². The number of hydrogen-bond donors (Lipinski definition) is 0. The Morgan fingerprint density at radius 3 is 1.74 bits per heavy atom. The number of benzene rings is 6. The molecular formula is C39H28N4. The van der Waals surface area contributed by atoms with Crippen molar-refractivity contribution in [1.29, 1.82) is 5.26 Å². The average Bonchev–Trinajstić information content (AvgIpc) is 3.09. The highest BCUT2D eigenvalue weighted by Gasteiger charge is 2.28. The maximum atomic E-state index is 9.18. The number of nitrogens with zero attached hydrogens (tertiary/aromatic N) is 4. The van der Waals surface area contributed by atoms with Crippen molar-refractivity contribution in [1.82, 2.24) is 4.90 Å². The van der Waals surface area contributed by atoms with Crippen LogP contribution in [0.25, 0.3) is 33.0 Å². The molecule has 7 rings (SSSR count). The lowest BCUT2D eigenvalue weighted by molar-refractivity contribution is 0.383. The molecule has 1 aliphatic rings. The molecular weight excluding hydrogens is 524 g/mol.